The van der Waals surface area contributed by atoms with Gasteiger partial charge in [0.25, 0.3) is 6.47 Å². The number of hydrogen-bond acceptors (Lipinski definition) is 6. The lowest BCUT2D eigenvalue weighted by molar-refractivity contribution is -0.133. The Labute approximate surface area is 165 Å². The van der Waals surface area contributed by atoms with Gasteiger partial charge in [-0.1, -0.05) is 18.7 Å². The van der Waals surface area contributed by atoms with Gasteiger partial charge in [-0.25, -0.2) is 13.6 Å². The van der Waals surface area contributed by atoms with Crippen LogP contribution in [0.4, 0.5) is 8.78 Å². The van der Waals surface area contributed by atoms with E-state index >= 15 is 0 Å². The van der Waals surface area contributed by atoms with E-state index in [2.05, 4.69) is 11.3 Å². The number of ether oxygens (including phenoxy) is 4. The first-order chi connectivity index (χ1) is 13.9. The lowest BCUT2D eigenvalue weighted by atomic mass is 10.0. The summed E-state index contributed by atoms with van der Waals surface area (Å²) in [5.74, 6) is -2.09. The summed E-state index contributed by atoms with van der Waals surface area (Å²) in [5.41, 5.74) is 0.660. The monoisotopic (exact) mass is 402 g/mol. The van der Waals surface area contributed by atoms with Crippen molar-refractivity contribution < 1.29 is 37.3 Å². The second-order valence-corrected chi connectivity index (χ2v) is 5.48. The average molecular weight is 402 g/mol. The SMILES string of the molecule is C=C(C)C(=O)O/C=C\Oc1ccc(-c2cc(F)c(O/C=C\OC=O)cc2F)cc1. The Morgan fingerprint density at radius 1 is 0.966 bits per heavy atom. The molecule has 2 aromatic carbocycles. The maximum absolute atomic E-state index is 14.3. The second-order valence-electron chi connectivity index (χ2n) is 5.48. The van der Waals surface area contributed by atoms with Crippen molar-refractivity contribution in [1.29, 1.82) is 0 Å². The summed E-state index contributed by atoms with van der Waals surface area (Å²) >= 11 is 0. The molecule has 0 amide bonds. The molecule has 0 heterocycles. The molecule has 0 aliphatic heterocycles. The third kappa shape index (κ3) is 6.31. The Morgan fingerprint density at radius 2 is 1.66 bits per heavy atom. The molecule has 6 nitrogen and oxygen atoms in total. The van der Waals surface area contributed by atoms with Gasteiger partial charge in [-0.05, 0) is 30.7 Å². The molecule has 0 atom stereocenters. The fourth-order valence-corrected chi connectivity index (χ4v) is 2.01. The summed E-state index contributed by atoms with van der Waals surface area (Å²) in [7, 11) is 0. The molecule has 150 valence electrons. The Hall–Kier alpha value is -3.94. The van der Waals surface area contributed by atoms with E-state index in [0.29, 0.717) is 11.3 Å². The lowest BCUT2D eigenvalue weighted by Gasteiger charge is -2.08. The third-order valence-corrected chi connectivity index (χ3v) is 3.35. The summed E-state index contributed by atoms with van der Waals surface area (Å²) in [6.07, 6.45) is 4.00. The van der Waals surface area contributed by atoms with Gasteiger partial charge in [-0.2, -0.15) is 0 Å². The van der Waals surface area contributed by atoms with Crippen molar-refractivity contribution in [3.8, 4) is 22.6 Å². The van der Waals surface area contributed by atoms with E-state index in [1.807, 2.05) is 0 Å². The molecule has 0 fully saturated rings. The van der Waals surface area contributed by atoms with Crippen molar-refractivity contribution in [3.63, 3.8) is 0 Å². The molecule has 0 saturated heterocycles. The van der Waals surface area contributed by atoms with Crippen LogP contribution in [-0.2, 0) is 19.1 Å². The van der Waals surface area contributed by atoms with Crippen molar-refractivity contribution in [2.45, 2.75) is 6.92 Å². The molecular formula is C21H16F2O6. The van der Waals surface area contributed by atoms with Gasteiger partial charge < -0.3 is 18.9 Å². The number of halogens is 2. The molecule has 0 spiro atoms. The largest absolute Gasteiger partial charge is 0.462 e. The molecule has 0 N–H and O–H groups in total. The topological polar surface area (TPSA) is 71.1 Å². The predicted molar refractivity (Wildman–Crippen MR) is 99.4 cm³/mol. The standard InChI is InChI=1S/C21H16F2O6/c1-14(2)21(25)29-10-9-27-16-5-3-15(4-6-16)17-11-19(23)20(12-18(17)22)28-8-7-26-13-24/h3-13H,1H2,2H3/b8-7-,10-9-. The van der Waals surface area contributed by atoms with Crippen molar-refractivity contribution in [2.24, 2.45) is 0 Å². The van der Waals surface area contributed by atoms with Crippen LogP contribution in [0.1, 0.15) is 6.92 Å². The summed E-state index contributed by atoms with van der Waals surface area (Å²) < 4.78 is 47.5. The molecule has 0 bridgehead atoms. The molecule has 0 aromatic heterocycles. The normalized spacial score (nSPS) is 10.7. The number of carbonyl (C=O) groups is 2. The quantitative estimate of drug-likeness (QED) is 0.264. The van der Waals surface area contributed by atoms with Gasteiger partial charge in [0.1, 0.15) is 36.6 Å². The Bertz CT molecular complexity index is 948. The Morgan fingerprint density at radius 3 is 2.31 bits per heavy atom. The lowest BCUT2D eigenvalue weighted by Crippen LogP contribution is -1.99. The summed E-state index contributed by atoms with van der Waals surface area (Å²) in [6, 6.07) is 7.96. The molecule has 0 unspecified atom stereocenters. The third-order valence-electron chi connectivity index (χ3n) is 3.35. The van der Waals surface area contributed by atoms with Gasteiger partial charge >= 0.3 is 5.97 Å². The number of hydrogen-bond donors (Lipinski definition) is 0. The predicted octanol–water partition coefficient (Wildman–Crippen LogP) is 4.62. The number of rotatable bonds is 9. The number of carbonyl (C=O) groups excluding carboxylic acids is 2. The van der Waals surface area contributed by atoms with Gasteiger partial charge in [0.05, 0.1) is 0 Å². The smallest absolute Gasteiger partial charge is 0.338 e. The van der Waals surface area contributed by atoms with Crippen molar-refractivity contribution >= 4 is 12.4 Å². The number of benzene rings is 2. The minimum Gasteiger partial charge on any atom is -0.462 e. The molecule has 8 heteroatoms. The zero-order valence-corrected chi connectivity index (χ0v) is 15.3. The van der Waals surface area contributed by atoms with Crippen molar-refractivity contribution in [2.75, 3.05) is 0 Å². The van der Waals surface area contributed by atoms with Crippen LogP contribution in [0.3, 0.4) is 0 Å². The highest BCUT2D eigenvalue weighted by Gasteiger charge is 2.12. The van der Waals surface area contributed by atoms with E-state index in [1.165, 1.54) is 31.2 Å². The van der Waals surface area contributed by atoms with Gasteiger partial charge in [-0.15, -0.1) is 0 Å². The highest BCUT2D eigenvalue weighted by atomic mass is 19.1. The molecule has 0 radical (unpaired) electrons. The van der Waals surface area contributed by atoms with Crippen LogP contribution >= 0.6 is 0 Å². The first-order valence-electron chi connectivity index (χ1n) is 8.10. The van der Waals surface area contributed by atoms with E-state index in [1.54, 1.807) is 0 Å². The van der Waals surface area contributed by atoms with Gasteiger partial charge in [0.2, 0.25) is 0 Å². The van der Waals surface area contributed by atoms with E-state index in [9.17, 15) is 18.4 Å². The first kappa shape index (κ1) is 21.4. The molecule has 2 aromatic rings. The molecule has 29 heavy (non-hydrogen) atoms. The molecule has 2 rings (SSSR count). The van der Waals surface area contributed by atoms with Crippen LogP contribution in [-0.4, -0.2) is 12.4 Å². The molecule has 0 aliphatic carbocycles. The van der Waals surface area contributed by atoms with Crippen LogP contribution in [0, 0.1) is 11.6 Å². The van der Waals surface area contributed by atoms with Gasteiger partial charge in [0.15, 0.2) is 11.6 Å². The first-order valence-corrected chi connectivity index (χ1v) is 8.10. The fraction of sp³-hybridized carbons (Fsp3) is 0.0476. The highest BCUT2D eigenvalue weighted by Crippen LogP contribution is 2.30. The minimum atomic E-state index is -0.806. The summed E-state index contributed by atoms with van der Waals surface area (Å²) in [5, 5.41) is 0. The van der Waals surface area contributed by atoms with Crippen LogP contribution in [0.5, 0.6) is 11.5 Å². The maximum atomic E-state index is 14.3. The molecule has 0 aliphatic rings. The number of esters is 1. The Kier molecular flexibility index (Phi) is 7.67. The highest BCUT2D eigenvalue weighted by molar-refractivity contribution is 5.87. The molecule has 0 saturated carbocycles. The second kappa shape index (κ2) is 10.4. The van der Waals surface area contributed by atoms with Crippen LogP contribution in [0.2, 0.25) is 0 Å². The zero-order valence-electron chi connectivity index (χ0n) is 15.3. The molecular weight excluding hydrogens is 386 g/mol. The van der Waals surface area contributed by atoms with Crippen LogP contribution in [0.15, 0.2) is 73.6 Å². The average Bonchev–Trinajstić information content (AvgIpc) is 2.71. The van der Waals surface area contributed by atoms with Crippen LogP contribution < -0.4 is 9.47 Å². The summed E-state index contributed by atoms with van der Waals surface area (Å²) in [6.45, 7) is 5.10. The zero-order chi connectivity index (χ0) is 21.2. The van der Waals surface area contributed by atoms with E-state index in [4.69, 9.17) is 14.2 Å². The summed E-state index contributed by atoms with van der Waals surface area (Å²) in [4.78, 5) is 21.2. The minimum absolute atomic E-state index is 0.0143. The Balaban J connectivity index is 2.06. The van der Waals surface area contributed by atoms with E-state index in [0.717, 1.165) is 37.2 Å². The van der Waals surface area contributed by atoms with E-state index < -0.39 is 17.6 Å². The maximum Gasteiger partial charge on any atom is 0.338 e. The van der Waals surface area contributed by atoms with Crippen molar-refractivity contribution in [3.05, 3.63) is 85.2 Å². The van der Waals surface area contributed by atoms with Crippen molar-refractivity contribution in [1.82, 2.24) is 0 Å². The fourth-order valence-electron chi connectivity index (χ4n) is 2.01. The van der Waals surface area contributed by atoms with Gasteiger partial charge in [0, 0.05) is 17.2 Å². The van der Waals surface area contributed by atoms with Gasteiger partial charge in [-0.3, -0.25) is 4.79 Å². The van der Waals surface area contributed by atoms with Crippen LogP contribution in [0.25, 0.3) is 11.1 Å². The van der Waals surface area contributed by atoms with E-state index in [-0.39, 0.29) is 23.4 Å².